The lowest BCUT2D eigenvalue weighted by molar-refractivity contribution is 0.174. The van der Waals surface area contributed by atoms with Crippen molar-refractivity contribution < 1.29 is 4.74 Å². The van der Waals surface area contributed by atoms with Gasteiger partial charge in [0.15, 0.2) is 0 Å². The Morgan fingerprint density at radius 2 is 2.18 bits per heavy atom. The highest BCUT2D eigenvalue weighted by molar-refractivity contribution is 5.12. The molecule has 0 saturated carbocycles. The summed E-state index contributed by atoms with van der Waals surface area (Å²) in [6, 6.07) is 0. The monoisotopic (exact) mass is 154 g/mol. The van der Waals surface area contributed by atoms with Gasteiger partial charge >= 0.3 is 0 Å². The van der Waals surface area contributed by atoms with Crippen molar-refractivity contribution in [2.45, 2.75) is 40.0 Å². The van der Waals surface area contributed by atoms with Gasteiger partial charge in [-0.15, -0.1) is 0 Å². The van der Waals surface area contributed by atoms with Crippen LogP contribution < -0.4 is 0 Å². The molecule has 1 heterocycles. The molecule has 1 aliphatic heterocycles. The van der Waals surface area contributed by atoms with Crippen LogP contribution in [-0.4, -0.2) is 6.61 Å². The summed E-state index contributed by atoms with van der Waals surface area (Å²) >= 11 is 0. The molecule has 1 rings (SSSR count). The Hall–Kier alpha value is -0.460. The van der Waals surface area contributed by atoms with Gasteiger partial charge in [0.2, 0.25) is 0 Å². The van der Waals surface area contributed by atoms with Gasteiger partial charge in [-0.2, -0.15) is 0 Å². The maximum atomic E-state index is 5.58. The Kier molecular flexibility index (Phi) is 2.98. The molecule has 0 aliphatic carbocycles. The van der Waals surface area contributed by atoms with Gasteiger partial charge in [0.1, 0.15) is 0 Å². The number of hydrogen-bond acceptors (Lipinski definition) is 1. The van der Waals surface area contributed by atoms with Crippen LogP contribution in [0.1, 0.15) is 40.0 Å². The van der Waals surface area contributed by atoms with Crippen LogP contribution in [0.2, 0.25) is 0 Å². The lowest BCUT2D eigenvalue weighted by Gasteiger charge is -2.22. The number of rotatable bonds is 2. The van der Waals surface area contributed by atoms with E-state index in [-0.39, 0.29) is 0 Å². The highest BCUT2D eigenvalue weighted by atomic mass is 16.5. The number of allylic oxidation sites excluding steroid dienone is 2. The summed E-state index contributed by atoms with van der Waals surface area (Å²) in [7, 11) is 0. The van der Waals surface area contributed by atoms with E-state index in [0.717, 1.165) is 13.0 Å². The molecule has 11 heavy (non-hydrogen) atoms. The lowest BCUT2D eigenvalue weighted by atomic mass is 9.95. The highest BCUT2D eigenvalue weighted by Crippen LogP contribution is 2.27. The molecule has 0 aromatic rings. The molecule has 0 N–H and O–H groups in total. The Balaban J connectivity index is 2.73. The first-order valence-electron chi connectivity index (χ1n) is 4.60. The Bertz CT molecular complexity index is 156. The fourth-order valence-corrected chi connectivity index (χ4v) is 1.63. The first-order chi connectivity index (χ1) is 5.25. The minimum atomic E-state index is 0.672. The molecule has 1 heteroatoms. The minimum Gasteiger partial charge on any atom is -0.498 e. The minimum absolute atomic E-state index is 0.672. The van der Waals surface area contributed by atoms with Crippen LogP contribution in [0.5, 0.6) is 0 Å². The fraction of sp³-hybridized carbons (Fsp3) is 0.800. The third-order valence-electron chi connectivity index (χ3n) is 2.24. The van der Waals surface area contributed by atoms with Gasteiger partial charge in [0.05, 0.1) is 12.4 Å². The molecule has 1 nitrogen and oxygen atoms in total. The molecule has 0 unspecified atom stereocenters. The standard InChI is InChI=1S/C10H18O/c1-4-10-9(8(2)3)6-5-7-11-10/h8H,4-7H2,1-3H3. The molecule has 0 bridgehead atoms. The van der Waals surface area contributed by atoms with Crippen LogP contribution in [0.15, 0.2) is 11.3 Å². The zero-order chi connectivity index (χ0) is 8.27. The average Bonchev–Trinajstić information content (AvgIpc) is 2.04. The second-order valence-electron chi connectivity index (χ2n) is 3.41. The molecule has 0 amide bonds. The summed E-state index contributed by atoms with van der Waals surface area (Å²) < 4.78 is 5.58. The van der Waals surface area contributed by atoms with Crippen molar-refractivity contribution in [2.75, 3.05) is 6.61 Å². The summed E-state index contributed by atoms with van der Waals surface area (Å²) in [4.78, 5) is 0. The predicted octanol–water partition coefficient (Wildman–Crippen LogP) is 3.12. The van der Waals surface area contributed by atoms with Crippen molar-refractivity contribution in [3.8, 4) is 0 Å². The largest absolute Gasteiger partial charge is 0.498 e. The van der Waals surface area contributed by atoms with E-state index >= 15 is 0 Å². The van der Waals surface area contributed by atoms with Crippen LogP contribution in [0.25, 0.3) is 0 Å². The van der Waals surface area contributed by atoms with E-state index in [0.29, 0.717) is 5.92 Å². The zero-order valence-electron chi connectivity index (χ0n) is 7.81. The van der Waals surface area contributed by atoms with E-state index < -0.39 is 0 Å². The third kappa shape index (κ3) is 1.98. The molecule has 0 aromatic carbocycles. The van der Waals surface area contributed by atoms with Crippen molar-refractivity contribution >= 4 is 0 Å². The highest BCUT2D eigenvalue weighted by Gasteiger charge is 2.14. The maximum Gasteiger partial charge on any atom is 0.0951 e. The van der Waals surface area contributed by atoms with Gasteiger partial charge in [0.25, 0.3) is 0 Å². The molecule has 0 radical (unpaired) electrons. The van der Waals surface area contributed by atoms with Crippen LogP contribution >= 0.6 is 0 Å². The summed E-state index contributed by atoms with van der Waals surface area (Å²) in [6.07, 6.45) is 3.52. The Labute approximate surface area is 69.4 Å². The quantitative estimate of drug-likeness (QED) is 0.593. The number of hydrogen-bond donors (Lipinski definition) is 0. The Morgan fingerprint density at radius 1 is 1.45 bits per heavy atom. The van der Waals surface area contributed by atoms with Gasteiger partial charge in [0, 0.05) is 6.42 Å². The SMILES string of the molecule is CCC1=C(C(C)C)CCCO1. The molecular weight excluding hydrogens is 136 g/mol. The van der Waals surface area contributed by atoms with Crippen LogP contribution in [0.3, 0.4) is 0 Å². The van der Waals surface area contributed by atoms with Crippen molar-refractivity contribution in [1.29, 1.82) is 0 Å². The van der Waals surface area contributed by atoms with E-state index in [1.165, 1.54) is 18.6 Å². The summed E-state index contributed by atoms with van der Waals surface area (Å²) in [5.74, 6) is 1.93. The summed E-state index contributed by atoms with van der Waals surface area (Å²) in [5, 5.41) is 0. The smallest absolute Gasteiger partial charge is 0.0951 e. The normalized spacial score (nSPS) is 18.9. The fourth-order valence-electron chi connectivity index (χ4n) is 1.63. The van der Waals surface area contributed by atoms with E-state index in [4.69, 9.17) is 4.74 Å². The van der Waals surface area contributed by atoms with Crippen molar-refractivity contribution in [3.63, 3.8) is 0 Å². The van der Waals surface area contributed by atoms with E-state index in [1.807, 2.05) is 0 Å². The van der Waals surface area contributed by atoms with E-state index in [9.17, 15) is 0 Å². The summed E-state index contributed by atoms with van der Waals surface area (Å²) in [6.45, 7) is 7.60. The predicted molar refractivity (Wildman–Crippen MR) is 47.3 cm³/mol. The second-order valence-corrected chi connectivity index (χ2v) is 3.41. The van der Waals surface area contributed by atoms with Gasteiger partial charge in [-0.05, 0) is 24.3 Å². The van der Waals surface area contributed by atoms with Crippen molar-refractivity contribution in [1.82, 2.24) is 0 Å². The van der Waals surface area contributed by atoms with Crippen LogP contribution in [0, 0.1) is 5.92 Å². The number of ether oxygens (including phenoxy) is 1. The molecule has 64 valence electrons. The Morgan fingerprint density at radius 3 is 2.64 bits per heavy atom. The van der Waals surface area contributed by atoms with Gasteiger partial charge < -0.3 is 4.74 Å². The van der Waals surface area contributed by atoms with E-state index in [2.05, 4.69) is 20.8 Å². The second kappa shape index (κ2) is 3.80. The van der Waals surface area contributed by atoms with Crippen molar-refractivity contribution in [3.05, 3.63) is 11.3 Å². The third-order valence-corrected chi connectivity index (χ3v) is 2.24. The molecule has 0 atom stereocenters. The van der Waals surface area contributed by atoms with Crippen molar-refractivity contribution in [2.24, 2.45) is 5.92 Å². The first-order valence-corrected chi connectivity index (χ1v) is 4.60. The lowest BCUT2D eigenvalue weighted by Crippen LogP contribution is -2.10. The molecule has 0 spiro atoms. The van der Waals surface area contributed by atoms with Gasteiger partial charge in [-0.3, -0.25) is 0 Å². The average molecular weight is 154 g/mol. The van der Waals surface area contributed by atoms with Crippen LogP contribution in [-0.2, 0) is 4.74 Å². The van der Waals surface area contributed by atoms with E-state index in [1.54, 1.807) is 5.57 Å². The zero-order valence-corrected chi connectivity index (χ0v) is 7.81. The molecular formula is C10H18O. The molecule has 1 aliphatic rings. The molecule has 0 aromatic heterocycles. The van der Waals surface area contributed by atoms with Gasteiger partial charge in [-0.1, -0.05) is 20.8 Å². The topological polar surface area (TPSA) is 9.23 Å². The molecule has 0 saturated heterocycles. The molecule has 0 fully saturated rings. The maximum absolute atomic E-state index is 5.58. The van der Waals surface area contributed by atoms with Gasteiger partial charge in [-0.25, -0.2) is 0 Å². The van der Waals surface area contributed by atoms with Crippen LogP contribution in [0.4, 0.5) is 0 Å². The summed E-state index contributed by atoms with van der Waals surface area (Å²) in [5.41, 5.74) is 1.54. The first kappa shape index (κ1) is 8.63.